The lowest BCUT2D eigenvalue weighted by Gasteiger charge is -2.38. The summed E-state index contributed by atoms with van der Waals surface area (Å²) in [7, 11) is -6.20. The normalized spacial score (nSPS) is 19.2. The van der Waals surface area contributed by atoms with Crippen LogP contribution < -0.4 is 20.7 Å². The Morgan fingerprint density at radius 1 is 0.505 bits per heavy atom. The van der Waals surface area contributed by atoms with Crippen LogP contribution in [0.3, 0.4) is 0 Å². The second-order valence-corrected chi connectivity index (χ2v) is 29.7. The van der Waals surface area contributed by atoms with Gasteiger partial charge in [-0.3, -0.25) is 33.7 Å². The molecule has 8 rings (SSSR count). The number of alkyl halides is 6. The summed E-state index contributed by atoms with van der Waals surface area (Å²) >= 11 is 0. The molecule has 9 N–H and O–H groups in total. The first-order valence-electron chi connectivity index (χ1n) is 32.1. The number of Topliss-reactive ketones (excluding diaryl/α,β-unsaturated/α-hetero) is 3. The van der Waals surface area contributed by atoms with E-state index in [0.29, 0.717) is 53.2 Å². The lowest BCUT2D eigenvalue weighted by molar-refractivity contribution is -0.268. The number of hydrogen-bond acceptors (Lipinski definition) is 19. The molecule has 576 valence electrons. The van der Waals surface area contributed by atoms with Gasteiger partial charge in [-0.15, -0.1) is 0 Å². The highest BCUT2D eigenvalue weighted by atomic mass is 32.2. The van der Waals surface area contributed by atoms with E-state index >= 15 is 0 Å². The number of nitrogens with zero attached hydrogens (tertiary/aromatic N) is 1. The molecule has 2 heterocycles. The summed E-state index contributed by atoms with van der Waals surface area (Å²) < 4.78 is 136. The zero-order chi connectivity index (χ0) is 78.1. The van der Waals surface area contributed by atoms with Crippen LogP contribution in [0.4, 0.5) is 26.3 Å². The van der Waals surface area contributed by atoms with Crippen molar-refractivity contribution in [3.63, 3.8) is 0 Å². The molecule has 2 aliphatic heterocycles. The molecule has 0 bridgehead atoms. The number of ketones is 3. The van der Waals surface area contributed by atoms with Crippen LogP contribution in [-0.4, -0.2) is 203 Å². The third kappa shape index (κ3) is 25.5. The van der Waals surface area contributed by atoms with Gasteiger partial charge >= 0.3 is 0 Å². The quantitative estimate of drug-likeness (QED) is 0.0291. The van der Waals surface area contributed by atoms with Crippen molar-refractivity contribution in [3.8, 4) is 41.3 Å². The monoisotopic (exact) mass is 1530 g/mol. The first-order valence-corrected chi connectivity index (χ1v) is 35.8. The molecule has 22 nitrogen and oxygen atoms in total. The van der Waals surface area contributed by atoms with Crippen LogP contribution in [0.2, 0.25) is 0 Å². The Morgan fingerprint density at radius 3 is 1.07 bits per heavy atom. The second kappa shape index (κ2) is 38.8. The van der Waals surface area contributed by atoms with Gasteiger partial charge in [0.05, 0.1) is 22.5 Å². The van der Waals surface area contributed by atoms with Crippen molar-refractivity contribution in [2.24, 2.45) is 0 Å². The Morgan fingerprint density at radius 2 is 0.785 bits per heavy atom. The van der Waals surface area contributed by atoms with Gasteiger partial charge < -0.3 is 56.1 Å². The number of aliphatic hydroxyl groups excluding tert-OH is 3. The van der Waals surface area contributed by atoms with E-state index in [0.717, 1.165) is 58.9 Å². The molecular weight excluding hydrogens is 1450 g/mol. The Balaban J connectivity index is 0.000000338. The predicted octanol–water partition coefficient (Wildman–Crippen LogP) is 6.48. The zero-order valence-corrected chi connectivity index (χ0v) is 59.5. The van der Waals surface area contributed by atoms with Gasteiger partial charge in [-0.1, -0.05) is 62.5 Å². The molecule has 107 heavy (non-hydrogen) atoms. The molecule has 2 saturated heterocycles. The van der Waals surface area contributed by atoms with Crippen molar-refractivity contribution in [1.82, 2.24) is 20.9 Å². The summed E-state index contributed by atoms with van der Waals surface area (Å²) in [6.07, 6.45) is -14.6. The number of carbonyl (C=O) groups excluding carboxylic acids is 6. The highest BCUT2D eigenvalue weighted by Crippen LogP contribution is 2.27. The molecule has 0 aromatic heterocycles. The molecule has 3 amide bonds. The molecule has 0 radical (unpaired) electrons. The van der Waals surface area contributed by atoms with Crippen LogP contribution in [-0.2, 0) is 45.3 Å². The molecule has 6 aromatic rings. The number of carbonyl (C=O) groups is 6. The molecule has 2 fully saturated rings. The van der Waals surface area contributed by atoms with Gasteiger partial charge in [0, 0.05) is 76.0 Å². The average molecular weight is 1530 g/mol. The van der Waals surface area contributed by atoms with Crippen molar-refractivity contribution < 1.29 is 112 Å². The van der Waals surface area contributed by atoms with Gasteiger partial charge in [0.2, 0.25) is 6.29 Å². The van der Waals surface area contributed by atoms with E-state index in [1.807, 2.05) is 24.3 Å². The number of hydrogen-bond donors (Lipinski definition) is 9. The lowest BCUT2D eigenvalue weighted by atomic mass is 9.93. The Bertz CT molecular complexity index is 4480. The highest BCUT2D eigenvalue weighted by Gasteiger charge is 2.47. The molecule has 2 aliphatic rings. The highest BCUT2D eigenvalue weighted by molar-refractivity contribution is 7.91. The number of amides is 3. The fraction of sp³-hybridized carbons (Fsp3) is 0.377. The summed E-state index contributed by atoms with van der Waals surface area (Å²) in [6, 6.07) is 32.7. The number of nitrogens with one attached hydrogen (secondary N) is 3. The van der Waals surface area contributed by atoms with Gasteiger partial charge in [-0.25, -0.2) is 43.2 Å². The van der Waals surface area contributed by atoms with E-state index in [4.69, 9.17) is 9.47 Å². The van der Waals surface area contributed by atoms with Crippen molar-refractivity contribution >= 4 is 54.7 Å². The molecule has 11 atom stereocenters. The van der Waals surface area contributed by atoms with Gasteiger partial charge in [0.15, 0.2) is 37.0 Å². The van der Waals surface area contributed by atoms with Gasteiger partial charge in [0.1, 0.15) is 59.0 Å². The Labute approximate surface area is 617 Å². The molecule has 1 unspecified atom stereocenters. The molecule has 30 heteroatoms. The summed E-state index contributed by atoms with van der Waals surface area (Å²) in [5.74, 6) is 13.5. The van der Waals surface area contributed by atoms with E-state index in [-0.39, 0.29) is 47.9 Å². The maximum atomic E-state index is 13.1. The van der Waals surface area contributed by atoms with Crippen LogP contribution in [0.1, 0.15) is 133 Å². The maximum absolute atomic E-state index is 13.1. The standard InChI is InChI=1S/C27H29F2NO8.C26H28F2N2O5S.C22H21F2NO5S.2CH4/c1-14(31)23(27(3,36)26(28)29)30-24(35)18-10-6-16(7-11-18)4-5-17-8-12-19(13-9-17)38-25-22(34)21(33)20(32)15(2)37-25;1-18(31)23(26(2,33)25(27)28)29-24(32)22-11-9-20(10-12-22)4-3-19-5-7-21(8-6-19)17-30-13-15-36(34,35)16-14-30;1-14(26)19(22(2,28)21(23)24)25-20(27)17-10-6-15(7-11-17)4-5-16-8-12-18(13-9-16)31(3,29)30;;/h6-13,15,20-23,25-26,32-34,36H,1-3H3,(H,30,35);5-12,23,25,33H,13-17H2,1-2H3,(H,29,32);6-13,19,21,28H,1-3H3,(H,25,27);2*1H4/t15-,20+,21+,22-,23+,25?,27-;23-,26+;19-,22+;;/m011../s1. The number of rotatable bonds is 20. The fourth-order valence-electron chi connectivity index (χ4n) is 10.1. The van der Waals surface area contributed by atoms with Crippen molar-refractivity contribution in [2.75, 3.05) is 30.9 Å². The van der Waals surface area contributed by atoms with Gasteiger partial charge in [-0.05, 0) is 187 Å². The zero-order valence-electron chi connectivity index (χ0n) is 57.9. The molecule has 0 aliphatic carbocycles. The van der Waals surface area contributed by atoms with Crippen LogP contribution in [0.15, 0.2) is 150 Å². The first kappa shape index (κ1) is 89.8. The minimum absolute atomic E-state index is 0. The van der Waals surface area contributed by atoms with E-state index in [9.17, 15) is 103 Å². The average Bonchev–Trinajstić information content (AvgIpc) is 0.872. The van der Waals surface area contributed by atoms with Crippen LogP contribution in [0.5, 0.6) is 5.75 Å². The van der Waals surface area contributed by atoms with Crippen LogP contribution >= 0.6 is 0 Å². The topological polar surface area (TPSA) is 350 Å². The number of sulfone groups is 2. The summed E-state index contributed by atoms with van der Waals surface area (Å²) in [5.41, 5.74) is -3.05. The summed E-state index contributed by atoms with van der Waals surface area (Å²) in [6.45, 7) is 8.67. The van der Waals surface area contributed by atoms with E-state index in [1.165, 1.54) is 72.8 Å². The van der Waals surface area contributed by atoms with Crippen molar-refractivity contribution in [2.45, 2.75) is 160 Å². The summed E-state index contributed by atoms with van der Waals surface area (Å²) in [4.78, 5) is 74.6. The molecule has 6 aromatic carbocycles. The van der Waals surface area contributed by atoms with E-state index in [2.05, 4.69) is 56.4 Å². The minimum Gasteiger partial charge on any atom is -0.462 e. The Kier molecular flexibility index (Phi) is 32.5. The second-order valence-electron chi connectivity index (χ2n) is 25.4. The van der Waals surface area contributed by atoms with Gasteiger partial charge in [0.25, 0.3) is 37.0 Å². The van der Waals surface area contributed by atoms with Crippen molar-refractivity contribution in [1.29, 1.82) is 0 Å². The lowest BCUT2D eigenvalue weighted by Crippen LogP contribution is -2.58. The summed E-state index contributed by atoms with van der Waals surface area (Å²) in [5, 5.41) is 65.9. The number of benzene rings is 6. The smallest absolute Gasteiger partial charge is 0.269 e. The van der Waals surface area contributed by atoms with Crippen LogP contribution in [0, 0.1) is 35.5 Å². The predicted molar refractivity (Wildman–Crippen MR) is 386 cm³/mol. The van der Waals surface area contributed by atoms with E-state index < -0.39 is 140 Å². The fourth-order valence-corrected chi connectivity index (χ4v) is 12.0. The maximum Gasteiger partial charge on any atom is 0.269 e. The Hall–Kier alpha value is -9.62. The SMILES string of the molecule is C.C.CC(=O)[C@@H](NC(=O)c1ccc(C#Cc2ccc(CN3CCS(=O)(=O)CC3)cc2)cc1)[C@](C)(O)C(F)F.CC(=O)[C@@H](NC(=O)c1ccc(C#Cc2ccc(OC3O[C@@H](C)[C@@H](O)[C@@H](O)[C@@H]3O)cc2)cc1)[C@](C)(O)C(F)F.CC(=O)[C@@H](NC(=O)c1ccc(C#Cc2ccc(S(C)(=O)=O)cc2)cc1)[C@](C)(O)C(F)F. The number of ether oxygens (including phenoxy) is 2. The number of halogens is 6. The van der Waals surface area contributed by atoms with E-state index in [1.54, 1.807) is 55.5 Å². The van der Waals surface area contributed by atoms with Gasteiger partial charge in [-0.2, -0.15) is 0 Å². The van der Waals surface area contributed by atoms with Crippen molar-refractivity contribution in [3.05, 3.63) is 201 Å². The molecular formula is C77H86F6N4O18S2. The first-order chi connectivity index (χ1) is 49.0. The van der Waals surface area contributed by atoms with Crippen LogP contribution in [0.25, 0.3) is 0 Å². The minimum atomic E-state index is -3.29. The third-order valence-electron chi connectivity index (χ3n) is 16.6. The number of aliphatic hydroxyl groups is 6. The molecule has 0 saturated carbocycles. The molecule has 0 spiro atoms. The largest absolute Gasteiger partial charge is 0.462 e. The third-order valence-corrected chi connectivity index (χ3v) is 19.4.